The fourth-order valence-electron chi connectivity index (χ4n) is 2.99. The van der Waals surface area contributed by atoms with E-state index in [2.05, 4.69) is 15.4 Å². The SMILES string of the molecule is O=C(CNC(=O)c1ccccc1OC(F)F)Nc1cccc(N2CCCC2=O)c1. The Bertz CT molecular complexity index is 920. The highest BCUT2D eigenvalue weighted by molar-refractivity contribution is 6.01. The molecule has 0 aromatic heterocycles. The maximum atomic E-state index is 12.4. The number of amides is 3. The van der Waals surface area contributed by atoms with Crippen LogP contribution >= 0.6 is 0 Å². The second kappa shape index (κ2) is 9.13. The lowest BCUT2D eigenvalue weighted by Crippen LogP contribution is -2.33. The Morgan fingerprint density at radius 3 is 2.66 bits per heavy atom. The van der Waals surface area contributed by atoms with Gasteiger partial charge >= 0.3 is 6.61 Å². The molecule has 3 amide bonds. The third-order valence-corrected chi connectivity index (χ3v) is 4.27. The van der Waals surface area contributed by atoms with Crippen LogP contribution in [0.25, 0.3) is 0 Å². The van der Waals surface area contributed by atoms with Crippen molar-refractivity contribution in [3.05, 3.63) is 54.1 Å². The summed E-state index contributed by atoms with van der Waals surface area (Å²) in [5, 5.41) is 5.00. The van der Waals surface area contributed by atoms with Gasteiger partial charge < -0.3 is 20.3 Å². The first-order valence-corrected chi connectivity index (χ1v) is 8.96. The molecule has 9 heteroatoms. The Labute approximate surface area is 165 Å². The molecule has 0 unspecified atom stereocenters. The number of ether oxygens (including phenoxy) is 1. The molecule has 29 heavy (non-hydrogen) atoms. The zero-order chi connectivity index (χ0) is 20.8. The summed E-state index contributed by atoms with van der Waals surface area (Å²) in [5.41, 5.74) is 1.06. The number of carbonyl (C=O) groups excluding carboxylic acids is 3. The van der Waals surface area contributed by atoms with E-state index in [-0.39, 0.29) is 23.8 Å². The largest absolute Gasteiger partial charge is 0.434 e. The quantitative estimate of drug-likeness (QED) is 0.744. The molecule has 0 radical (unpaired) electrons. The van der Waals surface area contributed by atoms with Crippen LogP contribution in [0.1, 0.15) is 23.2 Å². The molecule has 1 saturated heterocycles. The van der Waals surface area contributed by atoms with E-state index in [0.29, 0.717) is 24.3 Å². The van der Waals surface area contributed by atoms with Crippen LogP contribution in [-0.4, -0.2) is 37.4 Å². The summed E-state index contributed by atoms with van der Waals surface area (Å²) in [5.74, 6) is -1.46. The minimum atomic E-state index is -3.07. The standard InChI is InChI=1S/C20H19F2N3O4/c21-20(22)29-16-8-2-1-7-15(16)19(28)23-12-17(26)24-13-5-3-6-14(11-13)25-10-4-9-18(25)27/h1-3,5-8,11,20H,4,9-10,12H2,(H,23,28)(H,24,26). The first-order chi connectivity index (χ1) is 13.9. The third-order valence-electron chi connectivity index (χ3n) is 4.27. The molecule has 0 saturated carbocycles. The van der Waals surface area contributed by atoms with Gasteiger partial charge in [0.2, 0.25) is 11.8 Å². The van der Waals surface area contributed by atoms with Crippen LogP contribution in [0.2, 0.25) is 0 Å². The summed E-state index contributed by atoms with van der Waals surface area (Å²) in [7, 11) is 0. The molecule has 2 aromatic carbocycles. The van der Waals surface area contributed by atoms with Gasteiger partial charge in [0.1, 0.15) is 5.75 Å². The van der Waals surface area contributed by atoms with E-state index in [1.54, 1.807) is 29.2 Å². The number of nitrogens with zero attached hydrogens (tertiary/aromatic N) is 1. The lowest BCUT2D eigenvalue weighted by atomic mass is 10.2. The Kier molecular flexibility index (Phi) is 6.38. The van der Waals surface area contributed by atoms with Crippen LogP contribution < -0.4 is 20.3 Å². The van der Waals surface area contributed by atoms with Crippen LogP contribution in [0.15, 0.2) is 48.5 Å². The molecule has 0 bridgehead atoms. The van der Waals surface area contributed by atoms with Crippen LogP contribution in [-0.2, 0) is 9.59 Å². The minimum Gasteiger partial charge on any atom is -0.434 e. The predicted octanol–water partition coefficient (Wildman–Crippen LogP) is 2.78. The number of carbonyl (C=O) groups is 3. The topological polar surface area (TPSA) is 87.7 Å². The molecule has 3 rings (SSSR count). The minimum absolute atomic E-state index is 0.0328. The van der Waals surface area contributed by atoms with Crippen molar-refractivity contribution in [3.8, 4) is 5.75 Å². The van der Waals surface area contributed by atoms with Crippen molar-refractivity contribution < 1.29 is 27.9 Å². The molecule has 0 atom stereocenters. The van der Waals surface area contributed by atoms with E-state index in [1.807, 2.05) is 0 Å². The first kappa shape index (κ1) is 20.2. The van der Waals surface area contributed by atoms with E-state index in [0.717, 1.165) is 6.42 Å². The fraction of sp³-hybridized carbons (Fsp3) is 0.250. The van der Waals surface area contributed by atoms with E-state index in [9.17, 15) is 23.2 Å². The van der Waals surface area contributed by atoms with Crippen molar-refractivity contribution in [2.24, 2.45) is 0 Å². The number of hydrogen-bond donors (Lipinski definition) is 2. The van der Waals surface area contributed by atoms with E-state index in [4.69, 9.17) is 0 Å². The van der Waals surface area contributed by atoms with Gasteiger partial charge in [0.25, 0.3) is 5.91 Å². The third kappa shape index (κ3) is 5.28. The summed E-state index contributed by atoms with van der Waals surface area (Å²) >= 11 is 0. The molecule has 0 spiro atoms. The number of hydrogen-bond acceptors (Lipinski definition) is 4. The van der Waals surface area contributed by atoms with Gasteiger partial charge in [-0.15, -0.1) is 0 Å². The molecule has 0 aliphatic carbocycles. The Morgan fingerprint density at radius 2 is 1.93 bits per heavy atom. The summed E-state index contributed by atoms with van der Waals surface area (Å²) in [4.78, 5) is 37.9. The van der Waals surface area contributed by atoms with Gasteiger partial charge in [-0.2, -0.15) is 8.78 Å². The molecule has 2 aromatic rings. The Morgan fingerprint density at radius 1 is 1.14 bits per heavy atom. The average Bonchev–Trinajstić information content (AvgIpc) is 3.12. The second-order valence-electron chi connectivity index (χ2n) is 6.30. The van der Waals surface area contributed by atoms with Crippen LogP contribution in [0.4, 0.5) is 20.2 Å². The van der Waals surface area contributed by atoms with Gasteiger partial charge in [-0.3, -0.25) is 14.4 Å². The maximum absolute atomic E-state index is 12.4. The van der Waals surface area contributed by atoms with Gasteiger partial charge in [-0.25, -0.2) is 0 Å². The summed E-state index contributed by atoms with van der Waals surface area (Å²) in [6, 6.07) is 12.4. The summed E-state index contributed by atoms with van der Waals surface area (Å²) in [6.07, 6.45) is 1.29. The van der Waals surface area contributed by atoms with Crippen molar-refractivity contribution in [2.45, 2.75) is 19.5 Å². The van der Waals surface area contributed by atoms with Crippen molar-refractivity contribution in [1.82, 2.24) is 5.32 Å². The molecule has 1 aliphatic heterocycles. The first-order valence-electron chi connectivity index (χ1n) is 8.96. The average molecular weight is 403 g/mol. The van der Waals surface area contributed by atoms with E-state index in [1.165, 1.54) is 24.3 Å². The highest BCUT2D eigenvalue weighted by Crippen LogP contribution is 2.24. The van der Waals surface area contributed by atoms with Gasteiger partial charge in [-0.1, -0.05) is 18.2 Å². The molecule has 7 nitrogen and oxygen atoms in total. The number of alkyl halides is 2. The molecule has 1 fully saturated rings. The molecule has 152 valence electrons. The molecular weight excluding hydrogens is 384 g/mol. The lowest BCUT2D eigenvalue weighted by molar-refractivity contribution is -0.117. The number of anilines is 2. The van der Waals surface area contributed by atoms with Crippen molar-refractivity contribution in [2.75, 3.05) is 23.3 Å². The number of para-hydroxylation sites is 1. The second-order valence-corrected chi connectivity index (χ2v) is 6.30. The van der Waals surface area contributed by atoms with Crippen LogP contribution in [0.3, 0.4) is 0 Å². The van der Waals surface area contributed by atoms with E-state index >= 15 is 0 Å². The van der Waals surface area contributed by atoms with Gasteiger partial charge in [-0.05, 0) is 36.8 Å². The Balaban J connectivity index is 1.58. The highest BCUT2D eigenvalue weighted by Gasteiger charge is 2.22. The van der Waals surface area contributed by atoms with Crippen molar-refractivity contribution in [1.29, 1.82) is 0 Å². The zero-order valence-electron chi connectivity index (χ0n) is 15.4. The zero-order valence-corrected chi connectivity index (χ0v) is 15.4. The summed E-state index contributed by atoms with van der Waals surface area (Å²) in [6.45, 7) is -2.80. The van der Waals surface area contributed by atoms with Crippen molar-refractivity contribution in [3.63, 3.8) is 0 Å². The normalized spacial score (nSPS) is 13.5. The number of halogens is 2. The number of benzene rings is 2. The molecule has 2 N–H and O–H groups in total. The summed E-state index contributed by atoms with van der Waals surface area (Å²) < 4.78 is 29.2. The molecule has 1 aliphatic rings. The van der Waals surface area contributed by atoms with Crippen LogP contribution in [0, 0.1) is 0 Å². The fourth-order valence-corrected chi connectivity index (χ4v) is 2.99. The van der Waals surface area contributed by atoms with E-state index < -0.39 is 18.4 Å². The maximum Gasteiger partial charge on any atom is 0.387 e. The lowest BCUT2D eigenvalue weighted by Gasteiger charge is -2.17. The molecule has 1 heterocycles. The predicted molar refractivity (Wildman–Crippen MR) is 102 cm³/mol. The smallest absolute Gasteiger partial charge is 0.387 e. The highest BCUT2D eigenvalue weighted by atomic mass is 19.3. The van der Waals surface area contributed by atoms with Gasteiger partial charge in [0.05, 0.1) is 12.1 Å². The monoisotopic (exact) mass is 403 g/mol. The van der Waals surface area contributed by atoms with Crippen molar-refractivity contribution >= 4 is 29.1 Å². The van der Waals surface area contributed by atoms with Gasteiger partial charge in [0, 0.05) is 24.3 Å². The molecular formula is C20H19F2N3O4. The van der Waals surface area contributed by atoms with Gasteiger partial charge in [0.15, 0.2) is 0 Å². The number of rotatable bonds is 7. The van der Waals surface area contributed by atoms with Crippen LogP contribution in [0.5, 0.6) is 5.75 Å². The number of nitrogens with one attached hydrogen (secondary N) is 2. The Hall–Kier alpha value is -3.49.